The molecule has 306 valence electrons. The summed E-state index contributed by atoms with van der Waals surface area (Å²) < 4.78 is 0. The van der Waals surface area contributed by atoms with E-state index in [9.17, 15) is 0 Å². The molecule has 12 aromatic rings. The van der Waals surface area contributed by atoms with E-state index in [0.717, 1.165) is 0 Å². The third-order valence-corrected chi connectivity index (χ3v) is 15.2. The highest BCUT2D eigenvalue weighted by Gasteiger charge is 2.49. The van der Waals surface area contributed by atoms with E-state index in [-0.39, 0.29) is 0 Å². The van der Waals surface area contributed by atoms with Crippen molar-refractivity contribution in [3.8, 4) is 44.5 Å². The smallest absolute Gasteiger partial charge is 0.0622 e. The van der Waals surface area contributed by atoms with E-state index in [1.54, 1.807) is 0 Å². The molecule has 0 atom stereocenters. The lowest BCUT2D eigenvalue weighted by atomic mass is 9.66. The predicted molar refractivity (Wildman–Crippen MR) is 276 cm³/mol. The van der Waals surface area contributed by atoms with Crippen molar-refractivity contribution in [2.24, 2.45) is 0 Å². The third-order valence-electron chi connectivity index (χ3n) is 15.2. The summed E-state index contributed by atoms with van der Waals surface area (Å²) in [5, 5.41) is 7.69. The molecule has 0 saturated carbocycles. The van der Waals surface area contributed by atoms with Crippen molar-refractivity contribution in [3.63, 3.8) is 0 Å². The van der Waals surface area contributed by atoms with Gasteiger partial charge in [0.25, 0.3) is 0 Å². The van der Waals surface area contributed by atoms with E-state index in [0.29, 0.717) is 0 Å². The molecule has 0 fully saturated rings. The summed E-state index contributed by atoms with van der Waals surface area (Å²) in [4.78, 5) is 0. The maximum Gasteiger partial charge on any atom is 0.0719 e. The Bertz CT molecular complexity index is 3510. The van der Waals surface area contributed by atoms with Crippen molar-refractivity contribution in [3.05, 3.63) is 299 Å². The summed E-state index contributed by atoms with van der Waals surface area (Å²) >= 11 is 0. The average molecular weight is 835 g/mol. The highest BCUT2D eigenvalue weighted by molar-refractivity contribution is 6.28. The van der Waals surface area contributed by atoms with Gasteiger partial charge in [0.1, 0.15) is 0 Å². The minimum Gasteiger partial charge on any atom is -0.0622 e. The molecule has 66 heavy (non-hydrogen) atoms. The molecule has 14 rings (SSSR count). The van der Waals surface area contributed by atoms with Gasteiger partial charge < -0.3 is 0 Å². The van der Waals surface area contributed by atoms with E-state index in [4.69, 9.17) is 0 Å². The molecule has 0 bridgehead atoms. The molecule has 0 unspecified atom stereocenters. The molecule has 2 aliphatic rings. The van der Waals surface area contributed by atoms with Crippen LogP contribution in [0.2, 0.25) is 0 Å². The quantitative estimate of drug-likeness (QED) is 0.146. The fourth-order valence-electron chi connectivity index (χ4n) is 12.7. The molecule has 12 aromatic carbocycles. The van der Waals surface area contributed by atoms with Gasteiger partial charge in [0.2, 0.25) is 0 Å². The fraction of sp³-hybridized carbons (Fsp3) is 0.0303. The summed E-state index contributed by atoms with van der Waals surface area (Å²) in [6.07, 6.45) is 0. The van der Waals surface area contributed by atoms with Gasteiger partial charge in [0.15, 0.2) is 0 Å². The maximum atomic E-state index is 2.39. The van der Waals surface area contributed by atoms with Crippen molar-refractivity contribution in [2.45, 2.75) is 10.8 Å². The van der Waals surface area contributed by atoms with Crippen LogP contribution in [-0.4, -0.2) is 0 Å². The van der Waals surface area contributed by atoms with Crippen LogP contribution in [0.15, 0.2) is 255 Å². The van der Waals surface area contributed by atoms with E-state index in [1.807, 2.05) is 0 Å². The molecular weight excluding hydrogens is 793 g/mol. The second-order valence-corrected chi connectivity index (χ2v) is 18.2. The van der Waals surface area contributed by atoms with Crippen LogP contribution in [0.1, 0.15) is 44.5 Å². The Balaban J connectivity index is 1.05. The van der Waals surface area contributed by atoms with E-state index in [1.165, 1.54) is 121 Å². The van der Waals surface area contributed by atoms with E-state index >= 15 is 0 Å². The van der Waals surface area contributed by atoms with Crippen molar-refractivity contribution in [1.82, 2.24) is 0 Å². The van der Waals surface area contributed by atoms with Crippen molar-refractivity contribution in [1.29, 1.82) is 0 Å². The molecule has 0 spiro atoms. The second-order valence-electron chi connectivity index (χ2n) is 18.2. The molecule has 0 amide bonds. The molecule has 0 heteroatoms. The Morgan fingerprint density at radius 2 is 0.485 bits per heavy atom. The van der Waals surface area contributed by atoms with Gasteiger partial charge in [-0.2, -0.15) is 0 Å². The summed E-state index contributed by atoms with van der Waals surface area (Å²) in [6, 6.07) is 95.8. The summed E-state index contributed by atoms with van der Waals surface area (Å²) in [7, 11) is 0. The van der Waals surface area contributed by atoms with E-state index in [2.05, 4.69) is 255 Å². The number of hydrogen-bond acceptors (Lipinski definition) is 0. The van der Waals surface area contributed by atoms with Gasteiger partial charge in [0.05, 0.1) is 10.8 Å². The zero-order valence-corrected chi connectivity index (χ0v) is 36.2. The molecule has 0 saturated heterocycles. The number of fused-ring (bicyclic) bond motifs is 6. The number of hydrogen-bond donors (Lipinski definition) is 0. The number of benzene rings is 12. The Labute approximate surface area is 385 Å². The molecule has 0 nitrogen and oxygen atoms in total. The molecule has 2 aliphatic carbocycles. The summed E-state index contributed by atoms with van der Waals surface area (Å²) in [5.74, 6) is 0. The zero-order chi connectivity index (χ0) is 43.4. The van der Waals surface area contributed by atoms with Crippen LogP contribution in [0.4, 0.5) is 0 Å². The maximum absolute atomic E-state index is 2.39. The Hall–Kier alpha value is -8.32. The molecule has 0 N–H and O–H groups in total. The lowest BCUT2D eigenvalue weighted by molar-refractivity contribution is 0.770. The summed E-state index contributed by atoms with van der Waals surface area (Å²) in [5.41, 5.74) is 19.6. The summed E-state index contributed by atoms with van der Waals surface area (Å²) in [6.45, 7) is 0. The molecule has 0 aliphatic heterocycles. The van der Waals surface area contributed by atoms with Crippen LogP contribution < -0.4 is 0 Å². The Morgan fingerprint density at radius 3 is 0.848 bits per heavy atom. The van der Waals surface area contributed by atoms with Crippen LogP contribution in [0.5, 0.6) is 0 Å². The molecular formula is C66H42. The largest absolute Gasteiger partial charge is 0.0719 e. The van der Waals surface area contributed by atoms with Crippen LogP contribution in [0.3, 0.4) is 0 Å². The minimum absolute atomic E-state index is 0.516. The van der Waals surface area contributed by atoms with Crippen LogP contribution in [0.25, 0.3) is 76.8 Å². The van der Waals surface area contributed by atoms with Gasteiger partial charge in [0, 0.05) is 0 Å². The normalized spacial score (nSPS) is 14.0. The third kappa shape index (κ3) is 4.83. The van der Waals surface area contributed by atoms with Crippen LogP contribution in [-0.2, 0) is 10.8 Å². The fourth-order valence-corrected chi connectivity index (χ4v) is 12.7. The van der Waals surface area contributed by atoms with Gasteiger partial charge in [-0.3, -0.25) is 0 Å². The second kappa shape index (κ2) is 14.1. The first-order valence-corrected chi connectivity index (χ1v) is 23.2. The standard InChI is InChI=1S/C66H42/c1-5-19-45(20-6-1)65(46-21-7-2-8-22-46)59-33-15-13-27-51(59)57-31-17-29-55(63(57)65)49-39-35-43-38-42-54-50(40-36-44-37-41-53(49)61(43)62(44)54)56-30-18-32-58-52-28-14-16-34-60(52)66(64(56)58,47-23-9-3-10-24-47)48-25-11-4-12-26-48/h1-42H. The van der Waals surface area contributed by atoms with Gasteiger partial charge in [-0.1, -0.05) is 255 Å². The first-order valence-electron chi connectivity index (χ1n) is 23.2. The topological polar surface area (TPSA) is 0 Å². The van der Waals surface area contributed by atoms with Crippen molar-refractivity contribution < 1.29 is 0 Å². The first kappa shape index (κ1) is 37.1. The van der Waals surface area contributed by atoms with Gasteiger partial charge in [-0.25, -0.2) is 0 Å². The molecule has 0 radical (unpaired) electrons. The van der Waals surface area contributed by atoms with Crippen LogP contribution in [0, 0.1) is 0 Å². The molecule has 0 heterocycles. The van der Waals surface area contributed by atoms with Crippen molar-refractivity contribution >= 4 is 32.3 Å². The average Bonchev–Trinajstić information content (AvgIpc) is 3.88. The minimum atomic E-state index is -0.516. The van der Waals surface area contributed by atoms with Gasteiger partial charge >= 0.3 is 0 Å². The lowest BCUT2D eigenvalue weighted by Crippen LogP contribution is -2.29. The van der Waals surface area contributed by atoms with Crippen molar-refractivity contribution in [2.75, 3.05) is 0 Å². The number of rotatable bonds is 6. The van der Waals surface area contributed by atoms with Gasteiger partial charge in [-0.05, 0) is 121 Å². The van der Waals surface area contributed by atoms with E-state index < -0.39 is 10.8 Å². The Morgan fingerprint density at radius 1 is 0.197 bits per heavy atom. The van der Waals surface area contributed by atoms with Crippen LogP contribution >= 0.6 is 0 Å². The monoisotopic (exact) mass is 834 g/mol. The highest BCUT2D eigenvalue weighted by atomic mass is 14.5. The predicted octanol–water partition coefficient (Wildman–Crippen LogP) is 16.6. The SMILES string of the molecule is c1ccc(C2(c3ccccc3)c3ccccc3-c3cccc(-c4ccc5ccc6c(-c7cccc8c7C(c7ccccc7)(c7ccccc7)c7ccccc7-8)ccc7ccc4c5c76)c32)cc1. The first-order chi connectivity index (χ1) is 32.8. The lowest BCUT2D eigenvalue weighted by Gasteiger charge is -2.35. The van der Waals surface area contributed by atoms with Gasteiger partial charge in [-0.15, -0.1) is 0 Å². The Kier molecular flexibility index (Phi) is 7.92. The molecule has 0 aromatic heterocycles. The zero-order valence-electron chi connectivity index (χ0n) is 36.2. The highest BCUT2D eigenvalue weighted by Crippen LogP contribution is 2.61.